The van der Waals surface area contributed by atoms with Crippen LogP contribution < -0.4 is 14.4 Å². The topological polar surface area (TPSA) is 57.2 Å². The van der Waals surface area contributed by atoms with Gasteiger partial charge in [0.25, 0.3) is 0 Å². The fourth-order valence-electron chi connectivity index (χ4n) is 3.04. The molecule has 0 radical (unpaired) electrons. The molecule has 0 spiro atoms. The molecule has 0 saturated carbocycles. The number of amides is 1. The highest BCUT2D eigenvalue weighted by Gasteiger charge is 2.29. The lowest BCUT2D eigenvalue weighted by molar-refractivity contribution is 0.151. The number of ether oxygens (including phenoxy) is 3. The van der Waals surface area contributed by atoms with Crippen molar-refractivity contribution in [3.8, 4) is 22.6 Å². The van der Waals surface area contributed by atoms with Gasteiger partial charge in [-0.05, 0) is 50.3 Å². The van der Waals surface area contributed by atoms with E-state index in [1.165, 1.54) is 7.11 Å². The van der Waals surface area contributed by atoms with Gasteiger partial charge < -0.3 is 18.6 Å². The summed E-state index contributed by atoms with van der Waals surface area (Å²) in [6.07, 6.45) is -0.945. The monoisotopic (exact) mass is 403 g/mol. The first-order valence-electron chi connectivity index (χ1n) is 9.08. The van der Waals surface area contributed by atoms with Crippen molar-refractivity contribution in [1.82, 2.24) is 0 Å². The summed E-state index contributed by atoms with van der Waals surface area (Å²) >= 11 is 0. The van der Waals surface area contributed by atoms with Gasteiger partial charge >= 0.3 is 6.09 Å². The molecule has 1 amide bonds. The maximum absolute atomic E-state index is 12.6. The van der Waals surface area contributed by atoms with E-state index in [9.17, 15) is 4.79 Å². The van der Waals surface area contributed by atoms with Crippen LogP contribution in [0.3, 0.4) is 0 Å². The lowest BCUT2D eigenvalue weighted by atomic mass is 10.0. The molecular formula is C21H29NO5Si. The molecule has 0 aliphatic rings. The Morgan fingerprint density at radius 3 is 2.18 bits per heavy atom. The van der Waals surface area contributed by atoms with Gasteiger partial charge in [-0.15, -0.1) is 0 Å². The number of carbonyl (C=O) groups is 1. The van der Waals surface area contributed by atoms with Crippen LogP contribution in [0, 0.1) is 0 Å². The van der Waals surface area contributed by atoms with Crippen LogP contribution in [-0.2, 0) is 9.16 Å². The van der Waals surface area contributed by atoms with Crippen LogP contribution in [-0.4, -0.2) is 42.0 Å². The molecule has 1 atom stereocenters. The molecule has 28 heavy (non-hydrogen) atoms. The summed E-state index contributed by atoms with van der Waals surface area (Å²) in [7, 11) is 2.68. The minimum absolute atomic E-state index is 0.472. The summed E-state index contributed by atoms with van der Waals surface area (Å²) in [6, 6.07) is 13.3. The summed E-state index contributed by atoms with van der Waals surface area (Å²) in [5, 5.41) is 0. The van der Waals surface area contributed by atoms with E-state index in [2.05, 4.69) is 19.6 Å². The van der Waals surface area contributed by atoms with Gasteiger partial charge in [-0.25, -0.2) is 4.79 Å². The molecule has 0 fully saturated rings. The van der Waals surface area contributed by atoms with Crippen molar-refractivity contribution in [3.63, 3.8) is 0 Å². The van der Waals surface area contributed by atoms with E-state index in [0.29, 0.717) is 17.2 Å². The summed E-state index contributed by atoms with van der Waals surface area (Å²) in [6.45, 7) is 8.11. The molecule has 0 N–H and O–H groups in total. The van der Waals surface area contributed by atoms with E-state index in [4.69, 9.17) is 18.6 Å². The first-order valence-corrected chi connectivity index (χ1v) is 12.5. The predicted octanol–water partition coefficient (Wildman–Crippen LogP) is 5.14. The number of rotatable bonds is 7. The maximum Gasteiger partial charge on any atom is 0.416 e. The number of hydrogen-bond acceptors (Lipinski definition) is 5. The van der Waals surface area contributed by atoms with Crippen molar-refractivity contribution in [2.75, 3.05) is 26.2 Å². The first kappa shape index (κ1) is 21.8. The second-order valence-corrected chi connectivity index (χ2v) is 11.7. The van der Waals surface area contributed by atoms with Crippen LogP contribution in [0.4, 0.5) is 10.5 Å². The lowest BCUT2D eigenvalue weighted by Crippen LogP contribution is -2.45. The smallest absolute Gasteiger partial charge is 0.416 e. The summed E-state index contributed by atoms with van der Waals surface area (Å²) < 4.78 is 22.0. The number of anilines is 1. The van der Waals surface area contributed by atoms with Crippen molar-refractivity contribution in [2.45, 2.75) is 32.8 Å². The standard InChI is InChI=1S/C21H29NO5Si/c1-15(27-28(5,6)7)22(21(23)26-4)18-11-9-8-10-17(18)16-12-13-19(24-2)20(14-16)25-3/h8-15H,1-7H3. The van der Waals surface area contributed by atoms with Gasteiger partial charge in [0.1, 0.15) is 6.23 Å². The van der Waals surface area contributed by atoms with E-state index in [-0.39, 0.29) is 0 Å². The van der Waals surface area contributed by atoms with Crippen LogP contribution >= 0.6 is 0 Å². The Morgan fingerprint density at radius 1 is 0.964 bits per heavy atom. The molecule has 0 aliphatic heterocycles. The fraction of sp³-hybridized carbons (Fsp3) is 0.381. The zero-order valence-electron chi connectivity index (χ0n) is 17.6. The van der Waals surface area contributed by atoms with Crippen molar-refractivity contribution >= 4 is 20.1 Å². The van der Waals surface area contributed by atoms with Gasteiger partial charge in [0, 0.05) is 5.56 Å². The molecule has 0 bridgehead atoms. The average molecular weight is 404 g/mol. The molecule has 6 nitrogen and oxygen atoms in total. The number of para-hydroxylation sites is 1. The molecule has 7 heteroatoms. The molecule has 2 aromatic rings. The molecular weight excluding hydrogens is 374 g/mol. The predicted molar refractivity (Wildman–Crippen MR) is 114 cm³/mol. The fourth-order valence-corrected chi connectivity index (χ4v) is 4.17. The van der Waals surface area contributed by atoms with Crippen LogP contribution in [0.25, 0.3) is 11.1 Å². The molecule has 0 aromatic heterocycles. The normalized spacial score (nSPS) is 12.2. The second kappa shape index (κ2) is 9.12. The van der Waals surface area contributed by atoms with Gasteiger partial charge in [0.15, 0.2) is 19.8 Å². The Hall–Kier alpha value is -2.51. The maximum atomic E-state index is 12.6. The third-order valence-electron chi connectivity index (χ3n) is 4.12. The molecule has 1 unspecified atom stereocenters. The van der Waals surface area contributed by atoms with Crippen molar-refractivity contribution in [1.29, 1.82) is 0 Å². The quantitative estimate of drug-likeness (QED) is 0.473. The van der Waals surface area contributed by atoms with E-state index < -0.39 is 20.6 Å². The third kappa shape index (κ3) is 5.05. The summed E-state index contributed by atoms with van der Waals surface area (Å²) in [5.74, 6) is 1.26. The van der Waals surface area contributed by atoms with Crippen LogP contribution in [0.1, 0.15) is 6.92 Å². The van der Waals surface area contributed by atoms with Crippen LogP contribution in [0.15, 0.2) is 42.5 Å². The SMILES string of the molecule is COC(=O)N(c1ccccc1-c1ccc(OC)c(OC)c1)C(C)O[Si](C)(C)C. The summed E-state index contributed by atoms with van der Waals surface area (Å²) in [5.41, 5.74) is 2.45. The Bertz CT molecular complexity index is 819. The Labute approximate surface area is 168 Å². The molecule has 0 saturated heterocycles. The van der Waals surface area contributed by atoms with Crippen LogP contribution in [0.2, 0.25) is 19.6 Å². The van der Waals surface area contributed by atoms with Crippen molar-refractivity contribution < 1.29 is 23.4 Å². The highest BCUT2D eigenvalue weighted by molar-refractivity contribution is 6.69. The highest BCUT2D eigenvalue weighted by atomic mass is 28.4. The van der Waals surface area contributed by atoms with E-state index in [0.717, 1.165) is 11.1 Å². The minimum Gasteiger partial charge on any atom is -0.493 e. The molecule has 0 aliphatic carbocycles. The molecule has 0 heterocycles. The molecule has 2 rings (SSSR count). The van der Waals surface area contributed by atoms with Gasteiger partial charge in [-0.2, -0.15) is 0 Å². The van der Waals surface area contributed by atoms with Gasteiger partial charge in [0.05, 0.1) is 27.0 Å². The lowest BCUT2D eigenvalue weighted by Gasteiger charge is -2.33. The Morgan fingerprint density at radius 2 is 1.61 bits per heavy atom. The highest BCUT2D eigenvalue weighted by Crippen LogP contribution is 2.37. The molecule has 2 aromatic carbocycles. The van der Waals surface area contributed by atoms with E-state index in [1.807, 2.05) is 49.4 Å². The van der Waals surface area contributed by atoms with Gasteiger partial charge in [-0.3, -0.25) is 4.90 Å². The zero-order valence-corrected chi connectivity index (χ0v) is 18.6. The number of benzene rings is 2. The minimum atomic E-state index is -1.88. The molecule has 152 valence electrons. The number of methoxy groups -OCH3 is 3. The average Bonchev–Trinajstić information content (AvgIpc) is 2.66. The number of hydrogen-bond donors (Lipinski definition) is 0. The largest absolute Gasteiger partial charge is 0.493 e. The first-order chi connectivity index (χ1) is 13.2. The third-order valence-corrected chi connectivity index (χ3v) is 5.17. The Balaban J connectivity index is 2.57. The van der Waals surface area contributed by atoms with Gasteiger partial charge in [-0.1, -0.05) is 24.3 Å². The van der Waals surface area contributed by atoms with Crippen LogP contribution in [0.5, 0.6) is 11.5 Å². The van der Waals surface area contributed by atoms with Crippen molar-refractivity contribution in [3.05, 3.63) is 42.5 Å². The van der Waals surface area contributed by atoms with E-state index >= 15 is 0 Å². The van der Waals surface area contributed by atoms with Crippen molar-refractivity contribution in [2.24, 2.45) is 0 Å². The zero-order chi connectivity index (χ0) is 20.9. The number of nitrogens with zero attached hydrogens (tertiary/aromatic N) is 1. The Kier molecular flexibility index (Phi) is 7.09. The van der Waals surface area contributed by atoms with Gasteiger partial charge in [0.2, 0.25) is 0 Å². The summed E-state index contributed by atoms with van der Waals surface area (Å²) in [4.78, 5) is 14.2. The van der Waals surface area contributed by atoms with E-state index in [1.54, 1.807) is 19.1 Å². The second-order valence-electron chi connectivity index (χ2n) is 7.26. The number of carbonyl (C=O) groups excluding carboxylic acids is 1.